The van der Waals surface area contributed by atoms with E-state index in [9.17, 15) is 5.11 Å². The van der Waals surface area contributed by atoms with Crippen molar-refractivity contribution >= 4 is 17.7 Å². The molecule has 134 valence electrons. The molecule has 1 saturated carbocycles. The standard InChI is InChI=1S/C20H26ClN3O/c1-14(2)17-10-19(3,4)20(25,11-24-13-22-12-23-24)18(17)9-15-5-7-16(21)8-6-15/h5-9,12-14,17,25H,10-11H2,1-4H3. The van der Waals surface area contributed by atoms with Gasteiger partial charge in [0.1, 0.15) is 18.3 Å². The Kier molecular flexibility index (Phi) is 4.78. The van der Waals surface area contributed by atoms with E-state index in [2.05, 4.69) is 43.9 Å². The van der Waals surface area contributed by atoms with Crippen molar-refractivity contribution in [2.24, 2.45) is 17.3 Å². The van der Waals surface area contributed by atoms with Gasteiger partial charge in [-0.05, 0) is 46.9 Å². The van der Waals surface area contributed by atoms with Gasteiger partial charge in [0.25, 0.3) is 0 Å². The largest absolute Gasteiger partial charge is 0.383 e. The molecule has 1 N–H and O–H groups in total. The number of halogens is 1. The lowest BCUT2D eigenvalue weighted by Gasteiger charge is -2.37. The quantitative estimate of drug-likeness (QED) is 0.877. The summed E-state index contributed by atoms with van der Waals surface area (Å²) in [6, 6.07) is 7.76. The molecule has 2 unspecified atom stereocenters. The number of hydrogen-bond acceptors (Lipinski definition) is 3. The summed E-state index contributed by atoms with van der Waals surface area (Å²) in [6.07, 6.45) is 6.24. The van der Waals surface area contributed by atoms with E-state index in [4.69, 9.17) is 11.6 Å². The number of aromatic nitrogens is 3. The van der Waals surface area contributed by atoms with Gasteiger partial charge >= 0.3 is 0 Å². The number of benzene rings is 1. The van der Waals surface area contributed by atoms with Crippen LogP contribution in [0.2, 0.25) is 5.02 Å². The van der Waals surface area contributed by atoms with Crippen molar-refractivity contribution < 1.29 is 5.11 Å². The summed E-state index contributed by atoms with van der Waals surface area (Å²) in [4.78, 5) is 4.02. The molecule has 5 heteroatoms. The van der Waals surface area contributed by atoms with Crippen LogP contribution >= 0.6 is 11.6 Å². The normalized spacial score (nSPS) is 27.3. The van der Waals surface area contributed by atoms with Crippen LogP contribution in [0.3, 0.4) is 0 Å². The second-order valence-electron chi connectivity index (χ2n) is 8.04. The first-order valence-corrected chi connectivity index (χ1v) is 9.13. The van der Waals surface area contributed by atoms with Gasteiger partial charge in [0.2, 0.25) is 0 Å². The maximum atomic E-state index is 11.8. The van der Waals surface area contributed by atoms with E-state index in [0.717, 1.165) is 17.6 Å². The van der Waals surface area contributed by atoms with E-state index in [1.54, 1.807) is 11.0 Å². The Morgan fingerprint density at radius 2 is 2.00 bits per heavy atom. The molecule has 1 aliphatic rings. The second-order valence-corrected chi connectivity index (χ2v) is 8.48. The number of rotatable bonds is 4. The lowest BCUT2D eigenvalue weighted by Crippen LogP contribution is -2.45. The van der Waals surface area contributed by atoms with Crippen molar-refractivity contribution in [3.8, 4) is 0 Å². The molecule has 0 spiro atoms. The summed E-state index contributed by atoms with van der Waals surface area (Å²) in [5, 5.41) is 16.7. The highest BCUT2D eigenvalue weighted by Crippen LogP contribution is 2.55. The zero-order valence-electron chi connectivity index (χ0n) is 15.3. The molecule has 3 rings (SSSR count). The molecule has 1 aliphatic carbocycles. The number of nitrogens with zero attached hydrogens (tertiary/aromatic N) is 3. The summed E-state index contributed by atoms with van der Waals surface area (Å²) >= 11 is 6.01. The van der Waals surface area contributed by atoms with Gasteiger partial charge in [0, 0.05) is 5.02 Å². The van der Waals surface area contributed by atoms with Crippen LogP contribution in [-0.2, 0) is 6.54 Å². The first kappa shape index (κ1) is 18.2. The van der Waals surface area contributed by atoms with E-state index >= 15 is 0 Å². The molecule has 0 saturated heterocycles. The van der Waals surface area contributed by atoms with E-state index in [0.29, 0.717) is 23.4 Å². The highest BCUT2D eigenvalue weighted by molar-refractivity contribution is 6.30. The molecule has 2 atom stereocenters. The fraction of sp³-hybridized carbons (Fsp3) is 0.500. The van der Waals surface area contributed by atoms with E-state index in [-0.39, 0.29) is 5.41 Å². The molecule has 1 aromatic carbocycles. The number of hydrogen-bond donors (Lipinski definition) is 1. The molecular weight excluding hydrogens is 334 g/mol. The predicted octanol–water partition coefficient (Wildman–Crippen LogP) is 4.45. The fourth-order valence-electron chi connectivity index (χ4n) is 3.94. The van der Waals surface area contributed by atoms with Crippen LogP contribution in [0.1, 0.15) is 39.7 Å². The van der Waals surface area contributed by atoms with Gasteiger partial charge in [0.15, 0.2) is 0 Å². The maximum absolute atomic E-state index is 11.8. The zero-order chi connectivity index (χ0) is 18.2. The Labute approximate surface area is 154 Å². The Morgan fingerprint density at radius 3 is 2.56 bits per heavy atom. The van der Waals surface area contributed by atoms with Crippen LogP contribution < -0.4 is 0 Å². The van der Waals surface area contributed by atoms with Gasteiger partial charge in [-0.25, -0.2) is 9.67 Å². The second kappa shape index (κ2) is 6.58. The lowest BCUT2D eigenvalue weighted by atomic mass is 9.76. The third-order valence-electron chi connectivity index (χ3n) is 5.58. The van der Waals surface area contributed by atoms with Crippen LogP contribution in [0.4, 0.5) is 0 Å². The van der Waals surface area contributed by atoms with E-state index < -0.39 is 5.60 Å². The van der Waals surface area contributed by atoms with Crippen molar-refractivity contribution in [3.63, 3.8) is 0 Å². The van der Waals surface area contributed by atoms with Gasteiger partial charge in [0.05, 0.1) is 6.54 Å². The van der Waals surface area contributed by atoms with Crippen LogP contribution in [0.15, 0.2) is 42.5 Å². The molecule has 1 aromatic heterocycles. The summed E-state index contributed by atoms with van der Waals surface area (Å²) in [7, 11) is 0. The average molecular weight is 360 g/mol. The van der Waals surface area contributed by atoms with Crippen molar-refractivity contribution in [2.45, 2.75) is 46.3 Å². The minimum Gasteiger partial charge on any atom is -0.383 e. The van der Waals surface area contributed by atoms with Crippen molar-refractivity contribution in [1.82, 2.24) is 14.8 Å². The Hall–Kier alpha value is -1.65. The Balaban J connectivity index is 2.08. The predicted molar refractivity (Wildman–Crippen MR) is 101 cm³/mol. The molecule has 25 heavy (non-hydrogen) atoms. The zero-order valence-corrected chi connectivity index (χ0v) is 16.0. The highest BCUT2D eigenvalue weighted by Gasteiger charge is 2.56. The summed E-state index contributed by atoms with van der Waals surface area (Å²) in [5.74, 6) is 0.766. The van der Waals surface area contributed by atoms with Gasteiger partial charge in [-0.1, -0.05) is 57.5 Å². The molecule has 0 radical (unpaired) electrons. The molecule has 0 aliphatic heterocycles. The third-order valence-corrected chi connectivity index (χ3v) is 5.83. The molecule has 4 nitrogen and oxygen atoms in total. The average Bonchev–Trinajstić information content (AvgIpc) is 3.10. The molecule has 0 bridgehead atoms. The molecular formula is C20H26ClN3O. The van der Waals surface area contributed by atoms with Gasteiger partial charge in [-0.3, -0.25) is 0 Å². The Bertz CT molecular complexity index is 750. The van der Waals surface area contributed by atoms with Gasteiger partial charge < -0.3 is 5.11 Å². The maximum Gasteiger partial charge on any atom is 0.137 e. The van der Waals surface area contributed by atoms with E-state index in [1.165, 1.54) is 6.33 Å². The fourth-order valence-corrected chi connectivity index (χ4v) is 4.07. The monoisotopic (exact) mass is 359 g/mol. The lowest BCUT2D eigenvalue weighted by molar-refractivity contribution is -0.0298. The van der Waals surface area contributed by atoms with Gasteiger partial charge in [-0.15, -0.1) is 0 Å². The van der Waals surface area contributed by atoms with Crippen molar-refractivity contribution in [2.75, 3.05) is 0 Å². The first-order valence-electron chi connectivity index (χ1n) is 8.75. The summed E-state index contributed by atoms with van der Waals surface area (Å²) in [5.41, 5.74) is 0.895. The molecule has 0 amide bonds. The summed E-state index contributed by atoms with van der Waals surface area (Å²) < 4.78 is 1.72. The summed E-state index contributed by atoms with van der Waals surface area (Å²) in [6.45, 7) is 9.13. The van der Waals surface area contributed by atoms with Crippen LogP contribution in [0.25, 0.3) is 6.08 Å². The number of aliphatic hydroxyl groups is 1. The Morgan fingerprint density at radius 1 is 1.32 bits per heavy atom. The van der Waals surface area contributed by atoms with Crippen LogP contribution in [0, 0.1) is 17.3 Å². The molecule has 1 fully saturated rings. The van der Waals surface area contributed by atoms with Crippen molar-refractivity contribution in [1.29, 1.82) is 0 Å². The molecule has 1 heterocycles. The first-order chi connectivity index (χ1) is 11.7. The van der Waals surface area contributed by atoms with Crippen LogP contribution in [-0.4, -0.2) is 25.5 Å². The van der Waals surface area contributed by atoms with Crippen LogP contribution in [0.5, 0.6) is 0 Å². The SMILES string of the molecule is CC(C)C1CC(C)(C)C(O)(Cn2cncn2)C1=Cc1ccc(Cl)cc1. The third kappa shape index (κ3) is 3.38. The van der Waals surface area contributed by atoms with Gasteiger partial charge in [-0.2, -0.15) is 5.10 Å². The minimum atomic E-state index is -0.977. The smallest absolute Gasteiger partial charge is 0.137 e. The topological polar surface area (TPSA) is 50.9 Å². The molecule has 2 aromatic rings. The van der Waals surface area contributed by atoms with E-state index in [1.807, 2.05) is 24.3 Å². The minimum absolute atomic E-state index is 0.258. The van der Waals surface area contributed by atoms with Crippen molar-refractivity contribution in [3.05, 3.63) is 53.1 Å². The highest BCUT2D eigenvalue weighted by atomic mass is 35.5.